The van der Waals surface area contributed by atoms with E-state index in [4.69, 9.17) is 0 Å². The molecule has 162 valence electrons. The summed E-state index contributed by atoms with van der Waals surface area (Å²) >= 11 is 0. The number of benzene rings is 1. The molecule has 11 nitrogen and oxygen atoms in total. The quantitative estimate of drug-likeness (QED) is 0.628. The third-order valence-electron chi connectivity index (χ3n) is 3.19. The van der Waals surface area contributed by atoms with Crippen molar-refractivity contribution in [3.05, 3.63) is 36.0 Å². The molecule has 1 heterocycles. The first-order chi connectivity index (χ1) is 14.0. The van der Waals surface area contributed by atoms with E-state index >= 15 is 0 Å². The molecule has 15 heteroatoms. The van der Waals surface area contributed by atoms with Gasteiger partial charge < -0.3 is 14.2 Å². The number of methoxy groups -OCH3 is 2. The Morgan fingerprint density at radius 2 is 1.80 bits per heavy atom. The standard InChI is InChI=1S/C15H13F3N4O7S/c1-27-9-7-19-13(20-11(9)29-15(16,17)18)21-14(24)22-30(25,26)10-6-4-3-5-8(10)12(23)28-2/h3-7H,1-2H3,(H2,19,20,21,22,24). The second kappa shape index (κ2) is 8.81. The van der Waals surface area contributed by atoms with E-state index < -0.39 is 50.9 Å². The van der Waals surface area contributed by atoms with E-state index in [0.717, 1.165) is 32.5 Å². The number of urea groups is 1. The molecule has 1 aromatic heterocycles. The van der Waals surface area contributed by atoms with Crippen LogP contribution in [0.3, 0.4) is 0 Å². The van der Waals surface area contributed by atoms with E-state index in [2.05, 4.69) is 24.2 Å². The van der Waals surface area contributed by atoms with Crippen molar-refractivity contribution in [2.45, 2.75) is 11.3 Å². The minimum Gasteiger partial charge on any atom is -0.490 e. The number of halogens is 3. The van der Waals surface area contributed by atoms with Gasteiger partial charge >= 0.3 is 18.4 Å². The highest BCUT2D eigenvalue weighted by atomic mass is 32.2. The molecule has 0 fully saturated rings. The molecular weight excluding hydrogens is 437 g/mol. The normalized spacial score (nSPS) is 11.4. The highest BCUT2D eigenvalue weighted by molar-refractivity contribution is 7.90. The molecule has 0 aliphatic carbocycles. The van der Waals surface area contributed by atoms with Crippen molar-refractivity contribution < 1.29 is 45.4 Å². The van der Waals surface area contributed by atoms with Crippen LogP contribution in [0, 0.1) is 0 Å². The Balaban J connectivity index is 2.24. The number of nitrogens with one attached hydrogen (secondary N) is 2. The Labute approximate surface area is 167 Å². The van der Waals surface area contributed by atoms with Gasteiger partial charge in [-0.1, -0.05) is 12.1 Å². The van der Waals surface area contributed by atoms with Crippen molar-refractivity contribution in [2.24, 2.45) is 0 Å². The third-order valence-corrected chi connectivity index (χ3v) is 4.58. The molecule has 1 aromatic carbocycles. The van der Waals surface area contributed by atoms with Crippen molar-refractivity contribution in [3.8, 4) is 11.6 Å². The fourth-order valence-electron chi connectivity index (χ4n) is 2.02. The van der Waals surface area contributed by atoms with Gasteiger partial charge in [0.25, 0.3) is 15.9 Å². The molecule has 0 saturated heterocycles. The fourth-order valence-corrected chi connectivity index (χ4v) is 3.13. The molecule has 2 N–H and O–H groups in total. The molecule has 0 spiro atoms. The number of rotatable bonds is 6. The van der Waals surface area contributed by atoms with E-state index in [1.165, 1.54) is 12.1 Å². The SMILES string of the molecule is COC(=O)c1ccccc1S(=O)(=O)NC(=O)Nc1ncc(OC)c(OC(F)(F)F)n1. The van der Waals surface area contributed by atoms with Gasteiger partial charge in [-0.3, -0.25) is 5.32 Å². The molecule has 0 aliphatic heterocycles. The number of hydrogen-bond acceptors (Lipinski definition) is 9. The fraction of sp³-hybridized carbons (Fsp3) is 0.200. The van der Waals surface area contributed by atoms with Crippen LogP contribution < -0.4 is 19.5 Å². The molecule has 30 heavy (non-hydrogen) atoms. The van der Waals surface area contributed by atoms with Crippen LogP contribution in [-0.2, 0) is 14.8 Å². The van der Waals surface area contributed by atoms with E-state index in [1.54, 1.807) is 4.72 Å². The van der Waals surface area contributed by atoms with Crippen LogP contribution in [0.25, 0.3) is 0 Å². The summed E-state index contributed by atoms with van der Waals surface area (Å²) in [6.45, 7) is 0. The number of aromatic nitrogens is 2. The van der Waals surface area contributed by atoms with Gasteiger partial charge in [-0.05, 0) is 12.1 Å². The number of carbonyl (C=O) groups is 2. The summed E-state index contributed by atoms with van der Waals surface area (Å²) in [7, 11) is -2.50. The van der Waals surface area contributed by atoms with Crippen LogP contribution in [0.1, 0.15) is 10.4 Å². The lowest BCUT2D eigenvalue weighted by Crippen LogP contribution is -2.35. The first kappa shape index (κ1) is 22.7. The maximum absolute atomic E-state index is 12.4. The van der Waals surface area contributed by atoms with Crippen molar-refractivity contribution >= 4 is 28.0 Å². The van der Waals surface area contributed by atoms with Gasteiger partial charge in [0, 0.05) is 0 Å². The molecule has 2 aromatic rings. The smallest absolute Gasteiger partial charge is 0.490 e. The van der Waals surface area contributed by atoms with Crippen molar-refractivity contribution in [2.75, 3.05) is 19.5 Å². The van der Waals surface area contributed by atoms with Gasteiger partial charge in [0.05, 0.1) is 26.0 Å². The van der Waals surface area contributed by atoms with Crippen LogP contribution >= 0.6 is 0 Å². The Morgan fingerprint density at radius 3 is 2.40 bits per heavy atom. The topological polar surface area (TPSA) is 146 Å². The molecule has 0 aliphatic rings. The zero-order valence-corrected chi connectivity index (χ0v) is 16.0. The van der Waals surface area contributed by atoms with Gasteiger partial charge in [0.1, 0.15) is 4.90 Å². The number of hydrogen-bond donors (Lipinski definition) is 2. The maximum Gasteiger partial charge on any atom is 0.574 e. The van der Waals surface area contributed by atoms with Gasteiger partial charge in [0.15, 0.2) is 5.75 Å². The van der Waals surface area contributed by atoms with Crippen LogP contribution in [0.2, 0.25) is 0 Å². The summed E-state index contributed by atoms with van der Waals surface area (Å²) in [6.07, 6.45) is -4.34. The summed E-state index contributed by atoms with van der Waals surface area (Å²) in [5, 5.41) is 1.84. The van der Waals surface area contributed by atoms with Crippen molar-refractivity contribution in [1.29, 1.82) is 0 Å². The number of nitrogens with zero attached hydrogens (tertiary/aromatic N) is 2. The number of alkyl halides is 3. The van der Waals surface area contributed by atoms with Gasteiger partial charge in [-0.15, -0.1) is 13.2 Å². The molecular formula is C15H13F3N4O7S. The average Bonchev–Trinajstić information content (AvgIpc) is 2.66. The molecule has 2 rings (SSSR count). The van der Waals surface area contributed by atoms with Gasteiger partial charge in [-0.2, -0.15) is 4.98 Å². The van der Waals surface area contributed by atoms with Crippen LogP contribution in [0.4, 0.5) is 23.9 Å². The van der Waals surface area contributed by atoms with E-state index in [-0.39, 0.29) is 5.56 Å². The Morgan fingerprint density at radius 1 is 1.13 bits per heavy atom. The van der Waals surface area contributed by atoms with Gasteiger partial charge in [0.2, 0.25) is 5.95 Å². The number of amides is 2. The molecule has 0 unspecified atom stereocenters. The number of esters is 1. The monoisotopic (exact) mass is 450 g/mol. The highest BCUT2D eigenvalue weighted by Crippen LogP contribution is 2.30. The largest absolute Gasteiger partial charge is 0.574 e. The molecule has 0 saturated carbocycles. The summed E-state index contributed by atoms with van der Waals surface area (Å²) in [5.41, 5.74) is -0.345. The number of sulfonamides is 1. The zero-order valence-electron chi connectivity index (χ0n) is 15.2. The second-order valence-corrected chi connectivity index (χ2v) is 6.81. The summed E-state index contributed by atoms with van der Waals surface area (Å²) in [5.74, 6) is -3.24. The zero-order chi connectivity index (χ0) is 22.5. The number of carbonyl (C=O) groups excluding carboxylic acids is 2. The Kier molecular flexibility index (Phi) is 6.66. The van der Waals surface area contributed by atoms with Crippen molar-refractivity contribution in [1.82, 2.24) is 14.7 Å². The number of anilines is 1. The van der Waals surface area contributed by atoms with Crippen molar-refractivity contribution in [3.63, 3.8) is 0 Å². The lowest BCUT2D eigenvalue weighted by Gasteiger charge is -2.13. The Bertz CT molecular complexity index is 1060. The second-order valence-electron chi connectivity index (χ2n) is 5.16. The van der Waals surface area contributed by atoms with E-state index in [1.807, 2.05) is 5.32 Å². The molecule has 0 atom stereocenters. The first-order valence-electron chi connectivity index (χ1n) is 7.64. The van der Waals surface area contributed by atoms with Gasteiger partial charge in [-0.25, -0.2) is 27.7 Å². The average molecular weight is 450 g/mol. The molecule has 0 radical (unpaired) electrons. The number of ether oxygens (including phenoxy) is 3. The summed E-state index contributed by atoms with van der Waals surface area (Å²) < 4.78 is 76.5. The minimum absolute atomic E-state index is 0.345. The predicted octanol–water partition coefficient (Wildman–Crippen LogP) is 1.68. The van der Waals surface area contributed by atoms with E-state index in [0.29, 0.717) is 0 Å². The minimum atomic E-state index is -5.11. The van der Waals surface area contributed by atoms with Crippen LogP contribution in [0.5, 0.6) is 11.6 Å². The Hall–Kier alpha value is -3.62. The lowest BCUT2D eigenvalue weighted by molar-refractivity contribution is -0.276. The van der Waals surface area contributed by atoms with Crippen LogP contribution in [-0.4, -0.2) is 51.0 Å². The lowest BCUT2D eigenvalue weighted by atomic mass is 10.2. The first-order valence-corrected chi connectivity index (χ1v) is 9.13. The molecule has 2 amide bonds. The maximum atomic E-state index is 12.4. The third kappa shape index (κ3) is 5.69. The van der Waals surface area contributed by atoms with E-state index in [9.17, 15) is 31.2 Å². The highest BCUT2D eigenvalue weighted by Gasteiger charge is 2.34. The molecule has 0 bridgehead atoms. The predicted molar refractivity (Wildman–Crippen MR) is 92.4 cm³/mol. The van der Waals surface area contributed by atoms with Crippen LogP contribution in [0.15, 0.2) is 35.4 Å². The summed E-state index contributed by atoms with van der Waals surface area (Å²) in [6, 6.07) is 3.45. The summed E-state index contributed by atoms with van der Waals surface area (Å²) in [4.78, 5) is 30.0.